The molecule has 0 N–H and O–H groups in total. The van der Waals surface area contributed by atoms with Gasteiger partial charge in [0, 0.05) is 49.1 Å². The summed E-state index contributed by atoms with van der Waals surface area (Å²) in [5, 5.41) is 12.7. The van der Waals surface area contributed by atoms with Gasteiger partial charge in [-0.1, -0.05) is 146 Å². The third kappa shape index (κ3) is 3.87. The van der Waals surface area contributed by atoms with Crippen LogP contribution in [0.15, 0.2) is 182 Å². The summed E-state index contributed by atoms with van der Waals surface area (Å²) in [5.41, 5.74) is 12.7. The van der Waals surface area contributed by atoms with Gasteiger partial charge >= 0.3 is 0 Å². The summed E-state index contributed by atoms with van der Waals surface area (Å²) in [4.78, 5) is 10.5. The smallest absolute Gasteiger partial charge is 0.0973 e. The normalized spacial score (nSPS) is 12.3. The van der Waals surface area contributed by atoms with E-state index in [1.165, 1.54) is 81.4 Å². The molecule has 0 unspecified atom stereocenters. The first-order valence-corrected chi connectivity index (χ1v) is 19.2. The summed E-state index contributed by atoms with van der Waals surface area (Å²) in [6.45, 7) is 0. The highest BCUT2D eigenvalue weighted by molar-refractivity contribution is 6.39. The number of para-hydroxylation sites is 4. The summed E-state index contributed by atoms with van der Waals surface area (Å²) in [5.74, 6) is 0. The van der Waals surface area contributed by atoms with E-state index in [1.807, 2.05) is 24.3 Å². The Bertz CT molecular complexity index is 3760. The van der Waals surface area contributed by atoms with Gasteiger partial charge in [-0.15, -0.1) is 0 Å². The Hall–Kier alpha value is -7.56. The molecule has 13 aromatic rings. The molecule has 4 heteroatoms. The number of hydrogen-bond acceptors (Lipinski definition) is 2. The van der Waals surface area contributed by atoms with E-state index in [-0.39, 0.29) is 0 Å². The van der Waals surface area contributed by atoms with Crippen LogP contribution in [-0.4, -0.2) is 18.9 Å². The Morgan fingerprint density at radius 3 is 1.70 bits per heavy atom. The summed E-state index contributed by atoms with van der Waals surface area (Å²) < 4.78 is 5.07. The Balaban J connectivity index is 1.22. The van der Waals surface area contributed by atoms with Gasteiger partial charge < -0.3 is 8.97 Å². The standard InChI is InChI=1S/C52H30N4/c1-2-15-32(16-3-1)48-49(54-42-26-10-9-25-41(42)53-48)33-17-12-18-34(30-33)55-43-27-11-8-22-38(43)46-36-20-6-7-21-37(36)47-40-24-13-23-39-45-35-19-5-4-14-31(35)28-29-44(45)56(50(39)40)52(47)51(46)55/h1-30H. The Morgan fingerprint density at radius 1 is 0.339 bits per heavy atom. The van der Waals surface area contributed by atoms with Crippen LogP contribution in [0, 0.1) is 0 Å². The van der Waals surface area contributed by atoms with Crippen LogP contribution in [0.25, 0.3) is 121 Å². The van der Waals surface area contributed by atoms with Crippen molar-refractivity contribution in [3.63, 3.8) is 0 Å². The van der Waals surface area contributed by atoms with Crippen LogP contribution in [-0.2, 0) is 0 Å². The number of nitrogens with zero attached hydrogens (tertiary/aromatic N) is 4. The van der Waals surface area contributed by atoms with E-state index in [2.05, 4.69) is 167 Å². The van der Waals surface area contributed by atoms with Crippen molar-refractivity contribution in [1.29, 1.82) is 0 Å². The van der Waals surface area contributed by atoms with Crippen LogP contribution in [0.3, 0.4) is 0 Å². The highest BCUT2D eigenvalue weighted by Crippen LogP contribution is 2.49. The number of aromatic nitrogens is 4. The lowest BCUT2D eigenvalue weighted by Gasteiger charge is -2.14. The average Bonchev–Trinajstić information content (AvgIpc) is 3.92. The van der Waals surface area contributed by atoms with Crippen molar-refractivity contribution in [3.8, 4) is 28.2 Å². The fourth-order valence-electron chi connectivity index (χ4n) is 9.72. The van der Waals surface area contributed by atoms with Gasteiger partial charge in [-0.25, -0.2) is 9.97 Å². The molecule has 0 atom stereocenters. The van der Waals surface area contributed by atoms with Crippen LogP contribution < -0.4 is 0 Å². The third-order valence-corrected chi connectivity index (χ3v) is 12.0. The third-order valence-electron chi connectivity index (χ3n) is 12.0. The molecule has 0 radical (unpaired) electrons. The molecule has 0 fully saturated rings. The lowest BCUT2D eigenvalue weighted by atomic mass is 9.97. The molecule has 13 rings (SSSR count). The van der Waals surface area contributed by atoms with E-state index >= 15 is 0 Å². The van der Waals surface area contributed by atoms with Crippen LogP contribution in [0.4, 0.5) is 0 Å². The number of rotatable bonds is 3. The fourth-order valence-corrected chi connectivity index (χ4v) is 9.72. The summed E-state index contributed by atoms with van der Waals surface area (Å²) in [7, 11) is 0. The van der Waals surface area contributed by atoms with E-state index in [4.69, 9.17) is 9.97 Å². The molecule has 4 aromatic heterocycles. The minimum Gasteiger partial charge on any atom is -0.307 e. The highest BCUT2D eigenvalue weighted by Gasteiger charge is 2.26. The maximum absolute atomic E-state index is 5.30. The van der Waals surface area contributed by atoms with Gasteiger partial charge in [-0.05, 0) is 57.9 Å². The fraction of sp³-hybridized carbons (Fsp3) is 0. The predicted molar refractivity (Wildman–Crippen MR) is 234 cm³/mol. The molecule has 0 saturated heterocycles. The number of benzene rings is 9. The van der Waals surface area contributed by atoms with Gasteiger partial charge in [0.2, 0.25) is 0 Å². The molecule has 56 heavy (non-hydrogen) atoms. The van der Waals surface area contributed by atoms with Crippen LogP contribution in [0.5, 0.6) is 0 Å². The second kappa shape index (κ2) is 11.0. The largest absolute Gasteiger partial charge is 0.307 e. The maximum Gasteiger partial charge on any atom is 0.0973 e. The molecule has 4 heterocycles. The minimum absolute atomic E-state index is 0.866. The molecule has 0 saturated carbocycles. The zero-order valence-corrected chi connectivity index (χ0v) is 30.1. The lowest BCUT2D eigenvalue weighted by molar-refractivity contribution is 1.18. The molecular weight excluding hydrogens is 681 g/mol. The Morgan fingerprint density at radius 2 is 0.911 bits per heavy atom. The van der Waals surface area contributed by atoms with Crippen molar-refractivity contribution >= 4 is 92.5 Å². The summed E-state index contributed by atoms with van der Waals surface area (Å²) in [6.07, 6.45) is 0. The molecule has 0 aliphatic rings. The van der Waals surface area contributed by atoms with Crippen molar-refractivity contribution in [2.45, 2.75) is 0 Å². The van der Waals surface area contributed by atoms with Gasteiger partial charge in [-0.2, -0.15) is 0 Å². The van der Waals surface area contributed by atoms with Gasteiger partial charge in [0.1, 0.15) is 0 Å². The Kier molecular flexibility index (Phi) is 5.86. The van der Waals surface area contributed by atoms with E-state index in [1.54, 1.807) is 0 Å². The van der Waals surface area contributed by atoms with E-state index in [9.17, 15) is 0 Å². The molecule has 258 valence electrons. The first kappa shape index (κ1) is 29.8. The highest BCUT2D eigenvalue weighted by atomic mass is 15.0. The van der Waals surface area contributed by atoms with Crippen molar-refractivity contribution in [1.82, 2.24) is 18.9 Å². The molecular formula is C52H30N4. The molecule has 0 aliphatic carbocycles. The van der Waals surface area contributed by atoms with Gasteiger partial charge in [0.25, 0.3) is 0 Å². The van der Waals surface area contributed by atoms with Crippen LogP contribution >= 0.6 is 0 Å². The molecule has 9 aromatic carbocycles. The quantitative estimate of drug-likeness (QED) is 0.183. The van der Waals surface area contributed by atoms with E-state index < -0.39 is 0 Å². The first-order chi connectivity index (χ1) is 27.8. The SMILES string of the molecule is c1ccc(-c2nc3ccccc3nc2-c2cccc(-n3c4ccccc4c4c5ccccc5c5c6cccc7c8c9ccccc9ccc8n(c76)c5c43)c2)cc1. The second-order valence-electron chi connectivity index (χ2n) is 14.9. The zero-order valence-electron chi connectivity index (χ0n) is 30.1. The minimum atomic E-state index is 0.866. The van der Waals surface area contributed by atoms with Crippen molar-refractivity contribution in [2.75, 3.05) is 0 Å². The summed E-state index contributed by atoms with van der Waals surface area (Å²) >= 11 is 0. The molecule has 0 amide bonds. The van der Waals surface area contributed by atoms with E-state index in [0.29, 0.717) is 0 Å². The number of hydrogen-bond donors (Lipinski definition) is 0. The van der Waals surface area contributed by atoms with Crippen LogP contribution in [0.1, 0.15) is 0 Å². The van der Waals surface area contributed by atoms with Crippen molar-refractivity contribution in [2.24, 2.45) is 0 Å². The summed E-state index contributed by atoms with van der Waals surface area (Å²) in [6, 6.07) is 65.6. The van der Waals surface area contributed by atoms with Gasteiger partial charge in [0.05, 0.1) is 50.0 Å². The predicted octanol–water partition coefficient (Wildman–Crippen LogP) is 13.5. The second-order valence-corrected chi connectivity index (χ2v) is 14.9. The lowest BCUT2D eigenvalue weighted by Crippen LogP contribution is -1.99. The molecule has 4 nitrogen and oxygen atoms in total. The van der Waals surface area contributed by atoms with Crippen molar-refractivity contribution < 1.29 is 0 Å². The maximum atomic E-state index is 5.30. The Labute approximate surface area is 320 Å². The first-order valence-electron chi connectivity index (χ1n) is 19.2. The zero-order chi connectivity index (χ0) is 36.5. The van der Waals surface area contributed by atoms with Crippen LogP contribution in [0.2, 0.25) is 0 Å². The van der Waals surface area contributed by atoms with Gasteiger partial charge in [-0.3, -0.25) is 0 Å². The average molecular weight is 711 g/mol. The molecule has 0 bridgehead atoms. The van der Waals surface area contributed by atoms with Gasteiger partial charge in [0.15, 0.2) is 0 Å². The molecule has 0 spiro atoms. The number of fused-ring (bicyclic) bond motifs is 16. The molecule has 0 aliphatic heterocycles. The topological polar surface area (TPSA) is 35.1 Å². The van der Waals surface area contributed by atoms with E-state index in [0.717, 1.165) is 39.2 Å². The monoisotopic (exact) mass is 710 g/mol. The van der Waals surface area contributed by atoms with Crippen molar-refractivity contribution in [3.05, 3.63) is 182 Å².